The summed E-state index contributed by atoms with van der Waals surface area (Å²) in [4.78, 5) is 10.7. The molecule has 0 aliphatic heterocycles. The van der Waals surface area contributed by atoms with Gasteiger partial charge in [-0.1, -0.05) is 24.3 Å². The molecule has 0 spiro atoms. The molecule has 0 fully saturated rings. The lowest BCUT2D eigenvalue weighted by Crippen LogP contribution is -2.22. The molecular formula is C11H10ClO4-. The van der Waals surface area contributed by atoms with E-state index in [-0.39, 0.29) is 28.7 Å². The van der Waals surface area contributed by atoms with Crippen molar-refractivity contribution in [2.24, 2.45) is 0 Å². The van der Waals surface area contributed by atoms with E-state index >= 15 is 0 Å². The van der Waals surface area contributed by atoms with Gasteiger partial charge >= 0.3 is 0 Å². The molecule has 0 aliphatic rings. The van der Waals surface area contributed by atoms with Crippen LogP contribution in [0.2, 0.25) is 5.02 Å². The summed E-state index contributed by atoms with van der Waals surface area (Å²) in [6.45, 7) is 3.74. The van der Waals surface area contributed by atoms with E-state index in [0.29, 0.717) is 0 Å². The second-order valence-corrected chi connectivity index (χ2v) is 3.28. The number of ether oxygens (including phenoxy) is 2. The number of carbonyl (C=O) groups excluding carboxylic acids is 1. The molecule has 0 radical (unpaired) electrons. The van der Waals surface area contributed by atoms with Crippen molar-refractivity contribution in [1.29, 1.82) is 0 Å². The summed E-state index contributed by atoms with van der Waals surface area (Å²) in [5.74, 6) is -0.793. The van der Waals surface area contributed by atoms with Gasteiger partial charge in [-0.3, -0.25) is 0 Å². The van der Waals surface area contributed by atoms with E-state index < -0.39 is 5.97 Å². The first-order valence-corrected chi connectivity index (χ1v) is 4.80. The number of rotatable bonds is 5. The summed E-state index contributed by atoms with van der Waals surface area (Å²) < 4.78 is 10.2. The van der Waals surface area contributed by atoms with Crippen molar-refractivity contribution in [1.82, 2.24) is 0 Å². The van der Waals surface area contributed by atoms with E-state index in [1.165, 1.54) is 19.2 Å². The van der Waals surface area contributed by atoms with Crippen LogP contribution in [-0.4, -0.2) is 19.7 Å². The topological polar surface area (TPSA) is 58.6 Å². The van der Waals surface area contributed by atoms with Crippen LogP contribution < -0.4 is 14.6 Å². The van der Waals surface area contributed by atoms with Crippen LogP contribution in [0.15, 0.2) is 24.8 Å². The smallest absolute Gasteiger partial charge is 0.180 e. The fraction of sp³-hybridized carbons (Fsp3) is 0.182. The Kier molecular flexibility index (Phi) is 4.19. The van der Waals surface area contributed by atoms with Gasteiger partial charge in [-0.2, -0.15) is 0 Å². The molecule has 0 saturated heterocycles. The quantitative estimate of drug-likeness (QED) is 0.729. The molecule has 0 aromatic heterocycles. The number of methoxy groups -OCH3 is 1. The zero-order valence-corrected chi connectivity index (χ0v) is 9.41. The van der Waals surface area contributed by atoms with Crippen molar-refractivity contribution in [3.05, 3.63) is 35.4 Å². The zero-order valence-electron chi connectivity index (χ0n) is 8.66. The highest BCUT2D eigenvalue weighted by Gasteiger charge is 2.11. The minimum absolute atomic E-state index is 0.0622. The van der Waals surface area contributed by atoms with Gasteiger partial charge in [0.1, 0.15) is 6.61 Å². The third-order valence-electron chi connectivity index (χ3n) is 1.81. The maximum Gasteiger partial charge on any atom is 0.180 e. The summed E-state index contributed by atoms with van der Waals surface area (Å²) in [6, 6.07) is 2.54. The lowest BCUT2D eigenvalue weighted by atomic mass is 10.2. The maximum absolute atomic E-state index is 10.7. The van der Waals surface area contributed by atoms with E-state index in [2.05, 4.69) is 6.58 Å². The van der Waals surface area contributed by atoms with Crippen molar-refractivity contribution in [3.63, 3.8) is 0 Å². The number of carboxylic acids is 1. The van der Waals surface area contributed by atoms with Gasteiger partial charge in [0.25, 0.3) is 0 Å². The van der Waals surface area contributed by atoms with E-state index in [1.54, 1.807) is 6.08 Å². The van der Waals surface area contributed by atoms with Crippen molar-refractivity contribution in [3.8, 4) is 11.5 Å². The van der Waals surface area contributed by atoms with Gasteiger partial charge in [-0.25, -0.2) is 0 Å². The molecule has 0 aliphatic carbocycles. The average molecular weight is 242 g/mol. The summed E-state index contributed by atoms with van der Waals surface area (Å²) in [5, 5.41) is 10.8. The van der Waals surface area contributed by atoms with Gasteiger partial charge in [0, 0.05) is 5.56 Å². The summed E-state index contributed by atoms with van der Waals surface area (Å²) in [7, 11) is 1.39. The van der Waals surface area contributed by atoms with Crippen molar-refractivity contribution in [2.45, 2.75) is 0 Å². The van der Waals surface area contributed by atoms with E-state index in [4.69, 9.17) is 21.1 Å². The van der Waals surface area contributed by atoms with Crippen LogP contribution in [0.1, 0.15) is 10.4 Å². The van der Waals surface area contributed by atoms with Crippen LogP contribution in [0.25, 0.3) is 0 Å². The second-order valence-electron chi connectivity index (χ2n) is 2.88. The highest BCUT2D eigenvalue weighted by molar-refractivity contribution is 6.32. The third-order valence-corrected chi connectivity index (χ3v) is 2.09. The maximum atomic E-state index is 10.7. The predicted molar refractivity (Wildman–Crippen MR) is 58.0 cm³/mol. The summed E-state index contributed by atoms with van der Waals surface area (Å²) in [6.07, 6.45) is 1.54. The zero-order chi connectivity index (χ0) is 12.1. The van der Waals surface area contributed by atoms with Crippen LogP contribution in [0, 0.1) is 0 Å². The molecule has 1 rings (SSSR count). The van der Waals surface area contributed by atoms with Crippen LogP contribution in [0.4, 0.5) is 0 Å². The molecule has 1 aromatic rings. The van der Waals surface area contributed by atoms with Crippen LogP contribution in [0.5, 0.6) is 11.5 Å². The number of carbonyl (C=O) groups is 1. The first-order valence-electron chi connectivity index (χ1n) is 4.42. The molecule has 4 nitrogen and oxygen atoms in total. The average Bonchev–Trinajstić information content (AvgIpc) is 2.26. The third kappa shape index (κ3) is 2.67. The van der Waals surface area contributed by atoms with Crippen LogP contribution >= 0.6 is 11.6 Å². The number of carboxylic acid groups (broad SMARTS) is 1. The van der Waals surface area contributed by atoms with E-state index in [9.17, 15) is 9.90 Å². The summed E-state index contributed by atoms with van der Waals surface area (Å²) >= 11 is 5.86. The van der Waals surface area contributed by atoms with Crippen LogP contribution in [-0.2, 0) is 0 Å². The number of hydrogen-bond acceptors (Lipinski definition) is 4. The Balaban J connectivity index is 3.17. The minimum atomic E-state index is -1.32. The van der Waals surface area contributed by atoms with Crippen molar-refractivity contribution < 1.29 is 19.4 Å². The first-order chi connectivity index (χ1) is 7.60. The molecule has 0 atom stereocenters. The molecule has 5 heteroatoms. The Labute approximate surface area is 98.1 Å². The molecule has 0 bridgehead atoms. The SMILES string of the molecule is C=CCOc1c(Cl)cc(C(=O)[O-])cc1OC. The second kappa shape index (κ2) is 5.42. The Morgan fingerprint density at radius 2 is 2.31 bits per heavy atom. The lowest BCUT2D eigenvalue weighted by Gasteiger charge is -2.13. The van der Waals surface area contributed by atoms with Crippen LogP contribution in [0.3, 0.4) is 0 Å². The molecule has 0 saturated carbocycles. The van der Waals surface area contributed by atoms with Gasteiger partial charge in [-0.15, -0.1) is 0 Å². The number of aromatic carboxylic acids is 1. The molecule has 16 heavy (non-hydrogen) atoms. The van der Waals surface area contributed by atoms with Crippen molar-refractivity contribution >= 4 is 17.6 Å². The predicted octanol–water partition coefficient (Wildman–Crippen LogP) is 1.28. The monoisotopic (exact) mass is 241 g/mol. The van der Waals surface area contributed by atoms with Gasteiger partial charge in [-0.05, 0) is 12.1 Å². The molecule has 0 amide bonds. The minimum Gasteiger partial charge on any atom is -0.545 e. The normalized spacial score (nSPS) is 9.62. The van der Waals surface area contributed by atoms with Gasteiger partial charge in [0.05, 0.1) is 18.1 Å². The Morgan fingerprint density at radius 1 is 1.62 bits per heavy atom. The Hall–Kier alpha value is -1.68. The van der Waals surface area contributed by atoms with E-state index in [1.807, 2.05) is 0 Å². The van der Waals surface area contributed by atoms with Gasteiger partial charge in [0.15, 0.2) is 11.5 Å². The summed E-state index contributed by atoms with van der Waals surface area (Å²) in [5.41, 5.74) is -0.0622. The number of benzene rings is 1. The van der Waals surface area contributed by atoms with Gasteiger partial charge in [0.2, 0.25) is 0 Å². The molecule has 0 heterocycles. The fourth-order valence-corrected chi connectivity index (χ4v) is 1.39. The molecule has 1 aromatic carbocycles. The highest BCUT2D eigenvalue weighted by Crippen LogP contribution is 2.36. The largest absolute Gasteiger partial charge is 0.545 e. The molecular weight excluding hydrogens is 232 g/mol. The molecule has 0 N–H and O–H groups in total. The lowest BCUT2D eigenvalue weighted by molar-refractivity contribution is -0.255. The van der Waals surface area contributed by atoms with Gasteiger partial charge < -0.3 is 19.4 Å². The first kappa shape index (κ1) is 12.4. The standard InChI is InChI=1S/C11H11ClO4/c1-3-4-16-10-8(12)5-7(11(13)14)6-9(10)15-2/h3,5-6H,1,4H2,2H3,(H,13,14)/p-1. The van der Waals surface area contributed by atoms with Crippen molar-refractivity contribution in [2.75, 3.05) is 13.7 Å². The fourth-order valence-electron chi connectivity index (χ4n) is 1.12. The Morgan fingerprint density at radius 3 is 2.81 bits per heavy atom. The van der Waals surface area contributed by atoms with E-state index in [0.717, 1.165) is 0 Å². The Bertz CT molecular complexity index is 415. The molecule has 86 valence electrons. The molecule has 0 unspecified atom stereocenters. The highest BCUT2D eigenvalue weighted by atomic mass is 35.5. The number of hydrogen-bond donors (Lipinski definition) is 0. The number of halogens is 1.